The van der Waals surface area contributed by atoms with Crippen molar-refractivity contribution in [3.05, 3.63) is 41.8 Å². The van der Waals surface area contributed by atoms with Gasteiger partial charge in [0.1, 0.15) is 0 Å². The zero-order valence-electron chi connectivity index (χ0n) is 24.6. The van der Waals surface area contributed by atoms with Gasteiger partial charge in [-0.2, -0.15) is 9.97 Å². The second-order valence-electron chi connectivity index (χ2n) is 14.4. The predicted octanol–water partition coefficient (Wildman–Crippen LogP) is 7.09. The van der Waals surface area contributed by atoms with Crippen molar-refractivity contribution in [2.45, 2.75) is 108 Å². The Kier molecular flexibility index (Phi) is 6.49. The maximum atomic E-state index is 14.3. The van der Waals surface area contributed by atoms with Gasteiger partial charge >= 0.3 is 0 Å². The van der Waals surface area contributed by atoms with Gasteiger partial charge in [-0.25, -0.2) is 8.78 Å². The highest BCUT2D eigenvalue weighted by atomic mass is 19.3. The third-order valence-corrected chi connectivity index (χ3v) is 11.0. The lowest BCUT2D eigenvalue weighted by Gasteiger charge is -2.53. The number of alkyl halides is 2. The molecule has 8 nitrogen and oxygen atoms in total. The number of hydrogen-bond acceptors (Lipinski definition) is 7. The first-order valence-electron chi connectivity index (χ1n) is 16.2. The maximum absolute atomic E-state index is 14.3. The third-order valence-electron chi connectivity index (χ3n) is 11.0. The first-order valence-corrected chi connectivity index (χ1v) is 16.2. The van der Waals surface area contributed by atoms with Crippen molar-refractivity contribution in [3.8, 4) is 11.5 Å². The van der Waals surface area contributed by atoms with Crippen molar-refractivity contribution in [1.29, 1.82) is 0 Å². The van der Waals surface area contributed by atoms with Gasteiger partial charge in [-0.15, -0.1) is 0 Å². The molecule has 1 amide bonds. The Labute approximate surface area is 250 Å². The van der Waals surface area contributed by atoms with Gasteiger partial charge in [0, 0.05) is 54.8 Å². The molecule has 1 atom stereocenters. The molecular weight excluding hydrogens is 552 g/mol. The zero-order valence-corrected chi connectivity index (χ0v) is 24.6. The smallest absolute Gasteiger partial charge is 0.257 e. The molecule has 6 saturated carbocycles. The van der Waals surface area contributed by atoms with E-state index < -0.39 is 11.8 Å². The van der Waals surface area contributed by atoms with Gasteiger partial charge in [0.25, 0.3) is 5.89 Å². The fourth-order valence-electron chi connectivity index (χ4n) is 7.81. The summed E-state index contributed by atoms with van der Waals surface area (Å²) in [6.07, 6.45) is 11.9. The van der Waals surface area contributed by atoms with Crippen LogP contribution >= 0.6 is 0 Å². The normalized spacial score (nSPS) is 29.7. The second-order valence-corrected chi connectivity index (χ2v) is 14.4. The summed E-state index contributed by atoms with van der Waals surface area (Å²) in [5.41, 5.74) is 1.28. The van der Waals surface area contributed by atoms with Crippen LogP contribution in [0.3, 0.4) is 0 Å². The number of nitrogens with zero attached hydrogens (tertiary/aromatic N) is 5. The monoisotopic (exact) mass is 591 g/mol. The van der Waals surface area contributed by atoms with Crippen molar-refractivity contribution < 1.29 is 22.6 Å². The van der Waals surface area contributed by atoms with E-state index in [0.717, 1.165) is 68.6 Å². The maximum Gasteiger partial charge on any atom is 0.257 e. The SMILES string of the molecule is O=C(C1CCC(F)(F)C1)N(CC12CCC(c3nc(CC4CC4)no3)(CC1)CC2)c1cccc(-c2nc(CC3CC3)no2)c1. The van der Waals surface area contributed by atoms with E-state index in [1.807, 2.05) is 24.3 Å². The zero-order chi connectivity index (χ0) is 29.2. The van der Waals surface area contributed by atoms with Crippen LogP contribution in [0, 0.1) is 23.2 Å². The molecule has 43 heavy (non-hydrogen) atoms. The van der Waals surface area contributed by atoms with Crippen molar-refractivity contribution in [3.63, 3.8) is 0 Å². The summed E-state index contributed by atoms with van der Waals surface area (Å²) >= 11 is 0. The van der Waals surface area contributed by atoms with E-state index in [1.54, 1.807) is 4.90 Å². The highest BCUT2D eigenvalue weighted by Crippen LogP contribution is 2.58. The van der Waals surface area contributed by atoms with Gasteiger partial charge in [0.15, 0.2) is 11.6 Å². The standard InChI is InChI=1S/C33H39F2N5O3/c34-33(35)9-8-24(19-33)29(41)40(25-3-1-2-23(18-25)28-36-26(38-42-28)16-21-4-5-21)20-31-10-13-32(14-11-31,15-12-31)30-37-27(39-43-30)17-22-6-7-22/h1-3,18,21-22,24H,4-17,19-20H2. The molecule has 9 rings (SSSR count). The Morgan fingerprint density at radius 1 is 0.860 bits per heavy atom. The van der Waals surface area contributed by atoms with Crippen LogP contribution in [0.2, 0.25) is 0 Å². The number of rotatable bonds is 10. The molecule has 1 aromatic carbocycles. The number of amides is 1. The largest absolute Gasteiger partial charge is 0.339 e. The average Bonchev–Trinajstić information content (AvgIpc) is 3.86. The number of aromatic nitrogens is 4. The molecule has 2 aromatic heterocycles. The predicted molar refractivity (Wildman–Crippen MR) is 153 cm³/mol. The minimum atomic E-state index is -2.79. The molecule has 10 heteroatoms. The first kappa shape index (κ1) is 27.4. The van der Waals surface area contributed by atoms with Crippen molar-refractivity contribution in [2.24, 2.45) is 23.2 Å². The summed E-state index contributed by atoms with van der Waals surface area (Å²) < 4.78 is 40.0. The summed E-state index contributed by atoms with van der Waals surface area (Å²) in [6, 6.07) is 7.60. The highest BCUT2D eigenvalue weighted by molar-refractivity contribution is 5.96. The molecule has 0 spiro atoms. The number of fused-ring (bicyclic) bond motifs is 3. The van der Waals surface area contributed by atoms with Crippen molar-refractivity contribution in [2.75, 3.05) is 11.4 Å². The van der Waals surface area contributed by atoms with E-state index in [0.29, 0.717) is 35.8 Å². The lowest BCUT2D eigenvalue weighted by molar-refractivity contribution is -0.124. The molecule has 6 aliphatic rings. The lowest BCUT2D eigenvalue weighted by Crippen LogP contribution is -2.51. The van der Waals surface area contributed by atoms with Gasteiger partial charge in [-0.1, -0.05) is 16.4 Å². The van der Waals surface area contributed by atoms with E-state index in [-0.39, 0.29) is 36.0 Å². The number of carbonyl (C=O) groups is 1. The van der Waals surface area contributed by atoms with Gasteiger partial charge in [-0.3, -0.25) is 4.79 Å². The highest BCUT2D eigenvalue weighted by Gasteiger charge is 2.54. The molecule has 0 saturated heterocycles. The quantitative estimate of drug-likeness (QED) is 0.248. The van der Waals surface area contributed by atoms with Crippen LogP contribution in [-0.2, 0) is 23.1 Å². The molecule has 2 heterocycles. The van der Waals surface area contributed by atoms with E-state index in [1.165, 1.54) is 25.7 Å². The Balaban J connectivity index is 1.04. The molecule has 3 aromatic rings. The van der Waals surface area contributed by atoms with Gasteiger partial charge in [-0.05, 0) is 106 Å². The summed E-state index contributed by atoms with van der Waals surface area (Å²) in [4.78, 5) is 25.3. The van der Waals surface area contributed by atoms with Crippen LogP contribution in [0.1, 0.15) is 101 Å². The summed E-state index contributed by atoms with van der Waals surface area (Å²) in [7, 11) is 0. The van der Waals surface area contributed by atoms with Crippen LogP contribution in [0.4, 0.5) is 14.5 Å². The molecule has 1 unspecified atom stereocenters. The molecule has 2 bridgehead atoms. The molecule has 0 N–H and O–H groups in total. The number of benzene rings is 1. The van der Waals surface area contributed by atoms with Crippen molar-refractivity contribution in [1.82, 2.24) is 20.3 Å². The molecular formula is C33H39F2N5O3. The van der Waals surface area contributed by atoms with Crippen LogP contribution in [-0.4, -0.2) is 38.7 Å². The van der Waals surface area contributed by atoms with E-state index in [4.69, 9.17) is 14.0 Å². The van der Waals surface area contributed by atoms with Crippen LogP contribution < -0.4 is 4.90 Å². The molecule has 0 radical (unpaired) electrons. The fraction of sp³-hybridized carbons (Fsp3) is 0.667. The topological polar surface area (TPSA) is 98.2 Å². The Hall–Kier alpha value is -3.17. The minimum Gasteiger partial charge on any atom is -0.339 e. The van der Waals surface area contributed by atoms with Gasteiger partial charge in [0.2, 0.25) is 17.7 Å². The van der Waals surface area contributed by atoms with E-state index >= 15 is 0 Å². The first-order chi connectivity index (χ1) is 20.8. The molecule has 228 valence electrons. The number of carbonyl (C=O) groups excluding carboxylic acids is 1. The Bertz CT molecular complexity index is 1480. The second kappa shape index (κ2) is 10.2. The Morgan fingerprint density at radius 3 is 2.19 bits per heavy atom. The summed E-state index contributed by atoms with van der Waals surface area (Å²) in [6.45, 7) is 0.515. The number of hydrogen-bond donors (Lipinski definition) is 0. The number of halogens is 2. The molecule has 6 fully saturated rings. The molecule has 6 aliphatic carbocycles. The van der Waals surface area contributed by atoms with E-state index in [2.05, 4.69) is 15.3 Å². The summed E-state index contributed by atoms with van der Waals surface area (Å²) in [5.74, 6) is 0.429. The molecule has 0 aliphatic heterocycles. The average molecular weight is 592 g/mol. The van der Waals surface area contributed by atoms with Crippen molar-refractivity contribution >= 4 is 11.6 Å². The minimum absolute atomic E-state index is 0.0761. The van der Waals surface area contributed by atoms with Crippen LogP contribution in [0.5, 0.6) is 0 Å². The van der Waals surface area contributed by atoms with Gasteiger partial charge < -0.3 is 13.9 Å². The van der Waals surface area contributed by atoms with Gasteiger partial charge in [0.05, 0.1) is 0 Å². The number of anilines is 1. The lowest BCUT2D eigenvalue weighted by atomic mass is 9.53. The fourth-order valence-corrected chi connectivity index (χ4v) is 7.81. The third kappa shape index (κ3) is 5.50. The van der Waals surface area contributed by atoms with E-state index in [9.17, 15) is 13.6 Å². The van der Waals surface area contributed by atoms with Crippen LogP contribution in [0.15, 0.2) is 33.3 Å². The Morgan fingerprint density at radius 2 is 1.53 bits per heavy atom. The summed E-state index contributed by atoms with van der Waals surface area (Å²) in [5, 5.41) is 8.47. The van der Waals surface area contributed by atoms with Crippen LogP contribution in [0.25, 0.3) is 11.5 Å².